The van der Waals surface area contributed by atoms with E-state index in [0.29, 0.717) is 0 Å². The maximum Gasteiger partial charge on any atom is 0.100 e. The molecule has 0 aliphatic heterocycles. The second-order valence-corrected chi connectivity index (χ2v) is 3.41. The van der Waals surface area contributed by atoms with E-state index in [1.54, 1.807) is 12.2 Å². The van der Waals surface area contributed by atoms with Gasteiger partial charge in [0.05, 0.1) is 6.61 Å². The first kappa shape index (κ1) is 9.49. The molecule has 1 aliphatic rings. The fraction of sp³-hybridized carbons (Fsp3) is 0.600. The monoisotopic (exact) mass is 168 g/mol. The predicted molar refractivity (Wildman–Crippen MR) is 48.6 cm³/mol. The van der Waals surface area contributed by atoms with Gasteiger partial charge in [0, 0.05) is 11.8 Å². The Kier molecular flexibility index (Phi) is 2.70. The summed E-state index contributed by atoms with van der Waals surface area (Å²) in [5.41, 5.74) is -1.01. The van der Waals surface area contributed by atoms with Crippen LogP contribution in [0.5, 0.6) is 0 Å². The molecule has 68 valence electrons. The zero-order valence-corrected chi connectivity index (χ0v) is 7.24. The van der Waals surface area contributed by atoms with Crippen LogP contribution in [0.2, 0.25) is 0 Å². The van der Waals surface area contributed by atoms with E-state index in [0.717, 1.165) is 12.8 Å². The molecule has 0 saturated heterocycles. The van der Waals surface area contributed by atoms with E-state index in [2.05, 4.69) is 13.2 Å². The van der Waals surface area contributed by atoms with Gasteiger partial charge in [-0.15, -0.1) is 13.2 Å². The summed E-state index contributed by atoms with van der Waals surface area (Å²) in [5, 5.41) is 19.1. The minimum Gasteiger partial charge on any atom is -0.393 e. The third kappa shape index (κ3) is 1.21. The Morgan fingerprint density at radius 1 is 1.25 bits per heavy atom. The van der Waals surface area contributed by atoms with Crippen molar-refractivity contribution in [1.29, 1.82) is 0 Å². The first-order valence-electron chi connectivity index (χ1n) is 4.27. The summed E-state index contributed by atoms with van der Waals surface area (Å²) < 4.78 is 0. The lowest BCUT2D eigenvalue weighted by Crippen LogP contribution is -2.41. The van der Waals surface area contributed by atoms with Crippen LogP contribution < -0.4 is 0 Å². The molecule has 0 amide bonds. The van der Waals surface area contributed by atoms with Crippen LogP contribution in [-0.2, 0) is 0 Å². The van der Waals surface area contributed by atoms with E-state index in [1.807, 2.05) is 0 Å². The molecular weight excluding hydrogens is 152 g/mol. The Morgan fingerprint density at radius 2 is 1.67 bits per heavy atom. The lowest BCUT2D eigenvalue weighted by Gasteiger charge is -2.30. The van der Waals surface area contributed by atoms with Crippen LogP contribution in [0.25, 0.3) is 0 Å². The Labute approximate surface area is 73.2 Å². The molecule has 0 aromatic heterocycles. The maximum atomic E-state index is 10.0. The Balaban J connectivity index is 2.85. The van der Waals surface area contributed by atoms with Gasteiger partial charge >= 0.3 is 0 Å². The van der Waals surface area contributed by atoms with E-state index in [9.17, 15) is 5.11 Å². The van der Waals surface area contributed by atoms with Crippen molar-refractivity contribution in [3.63, 3.8) is 0 Å². The van der Waals surface area contributed by atoms with Gasteiger partial charge in [-0.3, -0.25) is 0 Å². The van der Waals surface area contributed by atoms with Gasteiger partial charge in [0.25, 0.3) is 0 Å². The average Bonchev–Trinajstić information content (AvgIpc) is 2.42. The average molecular weight is 168 g/mol. The van der Waals surface area contributed by atoms with Crippen LogP contribution in [0.4, 0.5) is 0 Å². The van der Waals surface area contributed by atoms with Gasteiger partial charge in [-0.1, -0.05) is 12.2 Å². The van der Waals surface area contributed by atoms with Gasteiger partial charge in [-0.25, -0.2) is 0 Å². The standard InChI is InChI=1S/C10H16O2/c1-3-8-5-6-9(4-2)10(8,12)7-11/h3-4,8-9,11-12H,1-2,5-7H2/t8-,9-/m0/s1. The molecule has 1 fully saturated rings. The summed E-state index contributed by atoms with van der Waals surface area (Å²) in [6.07, 6.45) is 5.22. The minimum atomic E-state index is -1.01. The molecule has 0 bridgehead atoms. The van der Waals surface area contributed by atoms with Crippen LogP contribution in [0.1, 0.15) is 12.8 Å². The van der Waals surface area contributed by atoms with Crippen molar-refractivity contribution in [2.24, 2.45) is 11.8 Å². The Bertz CT molecular complexity index is 170. The highest BCUT2D eigenvalue weighted by atomic mass is 16.3. The number of rotatable bonds is 3. The second kappa shape index (κ2) is 3.42. The summed E-state index contributed by atoms with van der Waals surface area (Å²) in [4.78, 5) is 0. The molecule has 2 heteroatoms. The molecule has 12 heavy (non-hydrogen) atoms. The van der Waals surface area contributed by atoms with Crippen LogP contribution in [0.15, 0.2) is 25.3 Å². The molecule has 0 aromatic rings. The summed E-state index contributed by atoms with van der Waals surface area (Å²) in [5.74, 6) is 0.0102. The van der Waals surface area contributed by atoms with Crippen molar-refractivity contribution in [2.45, 2.75) is 18.4 Å². The molecule has 1 saturated carbocycles. The van der Waals surface area contributed by atoms with Gasteiger partial charge < -0.3 is 10.2 Å². The van der Waals surface area contributed by atoms with E-state index in [4.69, 9.17) is 5.11 Å². The summed E-state index contributed by atoms with van der Waals surface area (Å²) in [7, 11) is 0. The van der Waals surface area contributed by atoms with Crippen LogP contribution in [-0.4, -0.2) is 22.4 Å². The van der Waals surface area contributed by atoms with Gasteiger partial charge in [0.1, 0.15) is 5.60 Å². The van der Waals surface area contributed by atoms with Crippen molar-refractivity contribution in [3.8, 4) is 0 Å². The fourth-order valence-electron chi connectivity index (χ4n) is 2.01. The molecule has 0 radical (unpaired) electrons. The maximum absolute atomic E-state index is 10.0. The molecule has 0 aromatic carbocycles. The normalized spacial score (nSPS) is 33.2. The highest BCUT2D eigenvalue weighted by molar-refractivity contribution is 5.09. The highest BCUT2D eigenvalue weighted by Gasteiger charge is 2.45. The largest absolute Gasteiger partial charge is 0.393 e. The van der Waals surface area contributed by atoms with E-state index < -0.39 is 5.60 Å². The zero-order chi connectivity index (χ0) is 9.19. The third-order valence-electron chi connectivity index (χ3n) is 2.90. The van der Waals surface area contributed by atoms with E-state index in [1.165, 1.54) is 0 Å². The third-order valence-corrected chi connectivity index (χ3v) is 2.90. The molecule has 0 spiro atoms. The van der Waals surface area contributed by atoms with Crippen LogP contribution >= 0.6 is 0 Å². The van der Waals surface area contributed by atoms with Crippen molar-refractivity contribution in [2.75, 3.05) is 6.61 Å². The molecule has 1 aliphatic carbocycles. The number of hydrogen-bond acceptors (Lipinski definition) is 2. The SMILES string of the molecule is C=C[C@H]1CC[C@H](C=C)C1(O)CO. The number of aliphatic hydroxyl groups is 2. The Morgan fingerprint density at radius 3 is 1.92 bits per heavy atom. The zero-order valence-electron chi connectivity index (χ0n) is 7.24. The molecule has 2 N–H and O–H groups in total. The molecule has 1 rings (SSSR count). The molecule has 0 unspecified atom stereocenters. The predicted octanol–water partition coefficient (Wildman–Crippen LogP) is 1.11. The van der Waals surface area contributed by atoms with Gasteiger partial charge in [0.15, 0.2) is 0 Å². The van der Waals surface area contributed by atoms with Crippen molar-refractivity contribution >= 4 is 0 Å². The van der Waals surface area contributed by atoms with Crippen molar-refractivity contribution in [1.82, 2.24) is 0 Å². The minimum absolute atomic E-state index is 0.00509. The molecule has 0 heterocycles. The van der Waals surface area contributed by atoms with E-state index in [-0.39, 0.29) is 18.4 Å². The molecule has 2 atom stereocenters. The quantitative estimate of drug-likeness (QED) is 0.620. The van der Waals surface area contributed by atoms with Crippen LogP contribution in [0.3, 0.4) is 0 Å². The van der Waals surface area contributed by atoms with Gasteiger partial charge in [-0.2, -0.15) is 0 Å². The number of hydrogen-bond donors (Lipinski definition) is 2. The van der Waals surface area contributed by atoms with Crippen LogP contribution in [0, 0.1) is 11.8 Å². The first-order valence-corrected chi connectivity index (χ1v) is 4.27. The Hall–Kier alpha value is -0.600. The van der Waals surface area contributed by atoms with Crippen molar-refractivity contribution in [3.05, 3.63) is 25.3 Å². The lowest BCUT2D eigenvalue weighted by atomic mass is 9.85. The molecule has 2 nitrogen and oxygen atoms in total. The lowest BCUT2D eigenvalue weighted by molar-refractivity contribution is -0.0527. The highest BCUT2D eigenvalue weighted by Crippen LogP contribution is 2.41. The second-order valence-electron chi connectivity index (χ2n) is 3.41. The summed E-state index contributed by atoms with van der Waals surface area (Å²) >= 11 is 0. The summed E-state index contributed by atoms with van der Waals surface area (Å²) in [6.45, 7) is 7.09. The summed E-state index contributed by atoms with van der Waals surface area (Å²) in [6, 6.07) is 0. The fourth-order valence-corrected chi connectivity index (χ4v) is 2.01. The van der Waals surface area contributed by atoms with Gasteiger partial charge in [-0.05, 0) is 12.8 Å². The first-order chi connectivity index (χ1) is 5.69. The van der Waals surface area contributed by atoms with Gasteiger partial charge in [0.2, 0.25) is 0 Å². The van der Waals surface area contributed by atoms with Crippen molar-refractivity contribution < 1.29 is 10.2 Å². The number of aliphatic hydroxyl groups excluding tert-OH is 1. The molecular formula is C10H16O2. The topological polar surface area (TPSA) is 40.5 Å². The van der Waals surface area contributed by atoms with E-state index >= 15 is 0 Å². The smallest absolute Gasteiger partial charge is 0.100 e.